The van der Waals surface area contributed by atoms with E-state index in [0.717, 1.165) is 37.6 Å². The number of fused-ring (bicyclic) bond motifs is 2. The Morgan fingerprint density at radius 1 is 0.383 bits per heavy atom. The quantitative estimate of drug-likeness (QED) is 0.0465. The molecule has 4 heterocycles. The van der Waals surface area contributed by atoms with Gasteiger partial charge in [0.05, 0.1) is 68.5 Å². The van der Waals surface area contributed by atoms with Gasteiger partial charge in [-0.05, 0) is 52.1 Å². The summed E-state index contributed by atoms with van der Waals surface area (Å²) in [6.45, 7) is 1.01. The van der Waals surface area contributed by atoms with E-state index < -0.39 is 90.9 Å². The van der Waals surface area contributed by atoms with Crippen LogP contribution < -0.4 is 0 Å². The highest BCUT2D eigenvalue weighted by molar-refractivity contribution is 6.22. The number of benzene rings is 7. The SMILES string of the molecule is CC(=O)O[C@@H]1[C@H](OCc2ccccc2)[C@@H](N2C(=O)c3ccccc3C2=O)[C@H](O[C@@H]2[C@H](OCc3ccccc3)[C@@H](N3C(=O)c4ccccc4C3=O)[C@H](OCc3ccccc3)O[C@@H]2COCc2ccccc2)O[C@@H]1COCc1ccccc1. The Bertz CT molecular complexity index is 3210. The van der Waals surface area contributed by atoms with Crippen LogP contribution in [0.5, 0.6) is 0 Å². The van der Waals surface area contributed by atoms with Gasteiger partial charge in [0, 0.05) is 6.92 Å². The van der Waals surface area contributed by atoms with Gasteiger partial charge >= 0.3 is 5.97 Å². The van der Waals surface area contributed by atoms with Gasteiger partial charge in [0.1, 0.15) is 42.6 Å². The van der Waals surface area contributed by atoms with Crippen molar-refractivity contribution in [2.75, 3.05) is 13.2 Å². The molecule has 0 aromatic heterocycles. The van der Waals surface area contributed by atoms with Crippen molar-refractivity contribution in [1.29, 1.82) is 0 Å². The molecule has 4 aliphatic heterocycles. The zero-order chi connectivity index (χ0) is 55.7. The van der Waals surface area contributed by atoms with Crippen LogP contribution in [-0.4, -0.2) is 114 Å². The lowest BCUT2D eigenvalue weighted by Crippen LogP contribution is -2.71. The van der Waals surface area contributed by atoms with E-state index in [0.29, 0.717) is 0 Å². The third-order valence-corrected chi connectivity index (χ3v) is 14.7. The van der Waals surface area contributed by atoms with Crippen LogP contribution in [0.1, 0.15) is 76.2 Å². The molecule has 0 N–H and O–H groups in total. The van der Waals surface area contributed by atoms with Crippen molar-refractivity contribution in [3.05, 3.63) is 250 Å². The molecule has 0 radical (unpaired) electrons. The van der Waals surface area contributed by atoms with Crippen LogP contribution in [0.2, 0.25) is 0 Å². The number of imide groups is 2. The van der Waals surface area contributed by atoms with Gasteiger partial charge in [0.15, 0.2) is 18.7 Å². The molecule has 414 valence electrons. The lowest BCUT2D eigenvalue weighted by Gasteiger charge is -2.52. The maximum atomic E-state index is 15.0. The van der Waals surface area contributed by atoms with Gasteiger partial charge < -0.3 is 42.6 Å². The van der Waals surface area contributed by atoms with E-state index in [2.05, 4.69) is 0 Å². The second-order valence-electron chi connectivity index (χ2n) is 20.1. The Morgan fingerprint density at radius 2 is 0.691 bits per heavy atom. The van der Waals surface area contributed by atoms with E-state index in [9.17, 15) is 14.4 Å². The van der Waals surface area contributed by atoms with Gasteiger partial charge in [-0.15, -0.1) is 0 Å². The molecule has 0 bridgehead atoms. The van der Waals surface area contributed by atoms with Gasteiger partial charge in [0.2, 0.25) is 0 Å². The maximum absolute atomic E-state index is 15.0. The number of rotatable bonds is 22. The van der Waals surface area contributed by atoms with Crippen molar-refractivity contribution in [3.8, 4) is 0 Å². The molecule has 0 aliphatic carbocycles. The molecule has 4 aliphatic rings. The van der Waals surface area contributed by atoms with Crippen LogP contribution >= 0.6 is 0 Å². The summed E-state index contributed by atoms with van der Waals surface area (Å²) in [5.41, 5.74) is 4.57. The van der Waals surface area contributed by atoms with Crippen LogP contribution in [-0.2, 0) is 80.5 Å². The lowest BCUT2D eigenvalue weighted by molar-refractivity contribution is -0.350. The zero-order valence-corrected chi connectivity index (χ0v) is 44.4. The monoisotopic (exact) mass is 1090 g/mol. The van der Waals surface area contributed by atoms with Crippen LogP contribution in [0, 0.1) is 0 Å². The number of nitrogens with zero attached hydrogens (tertiary/aromatic N) is 2. The molecule has 10 atom stereocenters. The molecule has 16 heteroatoms. The van der Waals surface area contributed by atoms with Gasteiger partial charge in [-0.2, -0.15) is 0 Å². The first-order valence-electron chi connectivity index (χ1n) is 27.0. The Labute approximate surface area is 468 Å². The molecule has 7 aromatic carbocycles. The summed E-state index contributed by atoms with van der Waals surface area (Å²) in [6, 6.07) is 57.1. The van der Waals surface area contributed by atoms with E-state index in [1.54, 1.807) is 48.5 Å². The third-order valence-electron chi connectivity index (χ3n) is 14.7. The number of carbonyl (C=O) groups excluding carboxylic acids is 5. The number of esters is 1. The lowest BCUT2D eigenvalue weighted by atomic mass is 9.92. The number of ether oxygens (including phenoxy) is 9. The van der Waals surface area contributed by atoms with Crippen LogP contribution in [0.15, 0.2) is 200 Å². The first-order valence-corrected chi connectivity index (χ1v) is 27.0. The minimum absolute atomic E-state index is 0.00409. The average Bonchev–Trinajstić information content (AvgIpc) is 4.17. The van der Waals surface area contributed by atoms with E-state index >= 15 is 9.59 Å². The van der Waals surface area contributed by atoms with E-state index in [1.807, 2.05) is 152 Å². The fourth-order valence-electron chi connectivity index (χ4n) is 10.9. The molecule has 0 saturated carbocycles. The third kappa shape index (κ3) is 12.3. The minimum atomic E-state index is -1.66. The summed E-state index contributed by atoms with van der Waals surface area (Å²) in [7, 11) is 0. The summed E-state index contributed by atoms with van der Waals surface area (Å²) < 4.78 is 61.4. The van der Waals surface area contributed by atoms with Crippen LogP contribution in [0.3, 0.4) is 0 Å². The van der Waals surface area contributed by atoms with E-state index in [1.165, 1.54) is 6.92 Å². The first kappa shape index (κ1) is 54.9. The van der Waals surface area contributed by atoms with Crippen molar-refractivity contribution >= 4 is 29.6 Å². The second-order valence-corrected chi connectivity index (χ2v) is 20.1. The molecular weight excluding hydrogens is 1030 g/mol. The van der Waals surface area contributed by atoms with Crippen molar-refractivity contribution in [1.82, 2.24) is 9.80 Å². The number of amides is 4. The molecule has 2 saturated heterocycles. The van der Waals surface area contributed by atoms with Gasteiger partial charge in [-0.25, -0.2) is 0 Å². The summed E-state index contributed by atoms with van der Waals surface area (Å²) in [4.78, 5) is 75.5. The van der Waals surface area contributed by atoms with Crippen LogP contribution in [0.4, 0.5) is 0 Å². The predicted octanol–water partition coefficient (Wildman–Crippen LogP) is 8.90. The summed E-state index contributed by atoms with van der Waals surface area (Å²) in [6.07, 6.45) is -10.7. The molecule has 0 spiro atoms. The highest BCUT2D eigenvalue weighted by atomic mass is 16.7. The Kier molecular flexibility index (Phi) is 17.4. The molecule has 16 nitrogen and oxygen atoms in total. The van der Waals surface area contributed by atoms with Gasteiger partial charge in [0.25, 0.3) is 23.6 Å². The number of hydrogen-bond donors (Lipinski definition) is 0. The summed E-state index contributed by atoms with van der Waals surface area (Å²) in [5, 5.41) is 0. The fourth-order valence-corrected chi connectivity index (χ4v) is 10.9. The highest BCUT2D eigenvalue weighted by Crippen LogP contribution is 2.41. The molecule has 81 heavy (non-hydrogen) atoms. The van der Waals surface area contributed by atoms with Crippen molar-refractivity contribution in [2.45, 2.75) is 101 Å². The van der Waals surface area contributed by atoms with Crippen LogP contribution in [0.25, 0.3) is 0 Å². The smallest absolute Gasteiger partial charge is 0.303 e. The van der Waals surface area contributed by atoms with E-state index in [4.69, 9.17) is 42.6 Å². The van der Waals surface area contributed by atoms with Gasteiger partial charge in [-0.3, -0.25) is 33.8 Å². The largest absolute Gasteiger partial charge is 0.457 e. The molecule has 4 amide bonds. The number of hydrogen-bond acceptors (Lipinski definition) is 14. The molecule has 11 rings (SSSR count). The molecule has 2 fully saturated rings. The molecular formula is C65H60N2O14. The van der Waals surface area contributed by atoms with Crippen molar-refractivity contribution in [3.63, 3.8) is 0 Å². The first-order chi connectivity index (χ1) is 39.7. The minimum Gasteiger partial charge on any atom is -0.457 e. The predicted molar refractivity (Wildman–Crippen MR) is 293 cm³/mol. The highest BCUT2D eigenvalue weighted by Gasteiger charge is 2.60. The summed E-state index contributed by atoms with van der Waals surface area (Å²) in [5.74, 6) is -3.28. The Morgan fingerprint density at radius 3 is 1.07 bits per heavy atom. The summed E-state index contributed by atoms with van der Waals surface area (Å²) >= 11 is 0. The standard InChI is InChI=1S/C65H60N2O14/c1-42(68)78-56-52(40-73-35-43-21-7-2-8-22-43)80-65(55(59(56)76-38-46-27-13-5-14-28-46)67-62(71)50-33-19-20-34-51(50)63(67)72)81-57-53(41-74-36-44-23-9-3-10-24-44)79-64(77-39-47-29-15-6-16-30-47)54(58(57)75-37-45-25-11-4-12-26-45)66-60(69)48-31-17-18-32-49(48)61(66)70/h2-34,52-59,64-65H,35-41H2,1H3/t52-,53-,54-,55-,56+,57+,58-,59-,64-,65+/m1/s1. The number of carbonyl (C=O) groups is 5. The van der Waals surface area contributed by atoms with Crippen molar-refractivity contribution in [2.24, 2.45) is 0 Å². The van der Waals surface area contributed by atoms with Gasteiger partial charge in [-0.1, -0.05) is 176 Å². The van der Waals surface area contributed by atoms with Crippen molar-refractivity contribution < 1.29 is 66.6 Å². The molecule has 0 unspecified atom stereocenters. The fraction of sp³-hybridized carbons (Fsp3) is 0.277. The average molecular weight is 1090 g/mol. The van der Waals surface area contributed by atoms with E-state index in [-0.39, 0.29) is 68.5 Å². The Hall–Kier alpha value is -8.03. The normalized spacial score (nSPS) is 24.3. The topological polar surface area (TPSA) is 175 Å². The zero-order valence-electron chi connectivity index (χ0n) is 44.4. The Balaban J connectivity index is 1.06. The maximum Gasteiger partial charge on any atom is 0.303 e. The molecule has 7 aromatic rings. The second kappa shape index (κ2) is 25.6.